The third-order valence-electron chi connectivity index (χ3n) is 2.31. The van der Waals surface area contributed by atoms with E-state index in [9.17, 15) is 0 Å². The van der Waals surface area contributed by atoms with E-state index in [2.05, 4.69) is 81.6 Å². The zero-order valence-electron chi connectivity index (χ0n) is 7.63. The summed E-state index contributed by atoms with van der Waals surface area (Å²) in [5.74, 6) is 0. The molecule has 0 aliphatic carbocycles. The molecule has 2 heteroatoms. The Balaban J connectivity index is 2.73. The van der Waals surface area contributed by atoms with E-state index in [1.54, 1.807) is 0 Å². The highest BCUT2D eigenvalue weighted by atomic mass is 127. The van der Waals surface area contributed by atoms with Crippen molar-refractivity contribution in [1.29, 1.82) is 0 Å². The van der Waals surface area contributed by atoms with Gasteiger partial charge in [0, 0.05) is 8.86 Å². The number of benzene rings is 2. The highest BCUT2D eigenvalue weighted by Crippen LogP contribution is 2.24. The lowest BCUT2D eigenvalue weighted by Gasteiger charge is -2.06. The molecule has 0 aromatic heterocycles. The van der Waals surface area contributed by atoms with Gasteiger partial charge in [0.15, 0.2) is 0 Å². The summed E-state index contributed by atoms with van der Waals surface area (Å²) in [6.07, 6.45) is 0. The Kier molecular flexibility index (Phi) is 3.65. The van der Waals surface area contributed by atoms with E-state index in [-0.39, 0.29) is 0 Å². The van der Waals surface area contributed by atoms with Crippen LogP contribution in [0.2, 0.25) is 0 Å². The summed E-state index contributed by atoms with van der Waals surface area (Å²) in [4.78, 5) is 0. The van der Waals surface area contributed by atoms with Crippen molar-refractivity contribution in [1.82, 2.24) is 0 Å². The van der Waals surface area contributed by atoms with Crippen molar-refractivity contribution in [2.45, 2.75) is 8.86 Å². The largest absolute Gasteiger partial charge is 0.0812 e. The van der Waals surface area contributed by atoms with Gasteiger partial charge in [0.2, 0.25) is 0 Å². The van der Waals surface area contributed by atoms with E-state index in [4.69, 9.17) is 0 Å². The van der Waals surface area contributed by atoms with E-state index < -0.39 is 0 Å². The second kappa shape index (κ2) is 4.79. The number of rotatable bonds is 2. The molecule has 0 aliphatic heterocycles. The molecule has 0 aliphatic rings. The Labute approximate surface area is 111 Å². The first-order chi connectivity index (χ1) is 6.85. The Morgan fingerprint density at radius 1 is 0.929 bits per heavy atom. The van der Waals surface area contributed by atoms with Crippen LogP contribution in [-0.4, -0.2) is 0 Å². The monoisotopic (exact) mass is 408 g/mol. The maximum absolute atomic E-state index is 2.43. The van der Waals surface area contributed by atoms with Crippen molar-refractivity contribution in [3.8, 4) is 0 Å². The van der Waals surface area contributed by atoms with E-state index >= 15 is 0 Å². The van der Waals surface area contributed by atoms with Crippen LogP contribution in [0.25, 0.3) is 10.8 Å². The molecule has 0 unspecified atom stereocenters. The zero-order valence-corrected chi connectivity index (χ0v) is 11.9. The van der Waals surface area contributed by atoms with Gasteiger partial charge < -0.3 is 0 Å². The summed E-state index contributed by atoms with van der Waals surface area (Å²) in [5, 5.41) is 2.77. The molecule has 0 heterocycles. The van der Waals surface area contributed by atoms with Crippen LogP contribution in [0, 0.1) is 0 Å². The van der Waals surface area contributed by atoms with Gasteiger partial charge in [0.25, 0.3) is 0 Å². The highest BCUT2D eigenvalue weighted by molar-refractivity contribution is 14.1. The molecular formula is C12H10I2. The number of hydrogen-bond acceptors (Lipinski definition) is 0. The molecule has 72 valence electrons. The predicted octanol–water partition coefficient (Wildman–Crippen LogP) is 4.71. The average molecular weight is 408 g/mol. The smallest absolute Gasteiger partial charge is 0.0253 e. The van der Waals surface area contributed by atoms with Crippen LogP contribution >= 0.6 is 45.2 Å². The van der Waals surface area contributed by atoms with Crippen molar-refractivity contribution in [2.75, 3.05) is 0 Å². The first-order valence-electron chi connectivity index (χ1n) is 4.47. The first-order valence-corrected chi connectivity index (χ1v) is 7.52. The van der Waals surface area contributed by atoms with E-state index in [1.165, 1.54) is 21.9 Å². The Hall–Kier alpha value is 0.160. The molecule has 0 N–H and O–H groups in total. The summed E-state index contributed by atoms with van der Waals surface area (Å²) in [7, 11) is 0. The van der Waals surface area contributed by atoms with Gasteiger partial charge in [-0.25, -0.2) is 0 Å². The normalized spacial score (nSPS) is 10.7. The van der Waals surface area contributed by atoms with Crippen molar-refractivity contribution >= 4 is 56.0 Å². The quantitative estimate of drug-likeness (QED) is 0.499. The number of alkyl halides is 2. The van der Waals surface area contributed by atoms with Crippen LogP contribution in [0.15, 0.2) is 36.4 Å². The molecule has 0 atom stereocenters. The van der Waals surface area contributed by atoms with Gasteiger partial charge in [0.1, 0.15) is 0 Å². The third-order valence-corrected chi connectivity index (χ3v) is 4.01. The fraction of sp³-hybridized carbons (Fsp3) is 0.167. The minimum atomic E-state index is 1.09. The molecular weight excluding hydrogens is 398 g/mol. The van der Waals surface area contributed by atoms with Gasteiger partial charge in [0.05, 0.1) is 0 Å². The molecule has 0 amide bonds. The second-order valence-corrected chi connectivity index (χ2v) is 4.77. The van der Waals surface area contributed by atoms with Crippen molar-refractivity contribution in [3.05, 3.63) is 47.5 Å². The lowest BCUT2D eigenvalue weighted by Crippen LogP contribution is -1.85. The summed E-state index contributed by atoms with van der Waals surface area (Å²) in [6, 6.07) is 13.2. The summed E-state index contributed by atoms with van der Waals surface area (Å²) >= 11 is 4.85. The van der Waals surface area contributed by atoms with Crippen LogP contribution in [0.4, 0.5) is 0 Å². The van der Waals surface area contributed by atoms with Crippen LogP contribution in [0.3, 0.4) is 0 Å². The molecule has 0 bridgehead atoms. The van der Waals surface area contributed by atoms with Crippen molar-refractivity contribution < 1.29 is 0 Å². The summed E-state index contributed by atoms with van der Waals surface area (Å²) < 4.78 is 2.18. The Bertz CT molecular complexity index is 449. The van der Waals surface area contributed by atoms with Crippen LogP contribution in [0.1, 0.15) is 11.1 Å². The number of fused-ring (bicyclic) bond motifs is 1. The molecule has 2 rings (SSSR count). The molecule has 2 aromatic rings. The number of halogens is 2. The molecule has 0 saturated carbocycles. The van der Waals surface area contributed by atoms with E-state index in [0.717, 1.165) is 8.86 Å². The minimum Gasteiger partial charge on any atom is -0.0812 e. The molecule has 0 nitrogen and oxygen atoms in total. The topological polar surface area (TPSA) is 0 Å². The van der Waals surface area contributed by atoms with Crippen LogP contribution < -0.4 is 0 Å². The summed E-state index contributed by atoms with van der Waals surface area (Å²) in [5.41, 5.74) is 2.88. The standard InChI is InChI=1S/C12H10I2/c13-7-9-5-10-3-1-2-4-12(10)11(6-9)8-14/h1-6H,7-8H2. The van der Waals surface area contributed by atoms with Gasteiger partial charge in [-0.1, -0.05) is 81.6 Å². The molecule has 0 radical (unpaired) electrons. The first kappa shape index (κ1) is 10.7. The summed E-state index contributed by atoms with van der Waals surface area (Å²) in [6.45, 7) is 0. The molecule has 0 spiro atoms. The molecule has 0 saturated heterocycles. The molecule has 0 fully saturated rings. The fourth-order valence-corrected chi connectivity index (χ4v) is 2.72. The Morgan fingerprint density at radius 3 is 2.43 bits per heavy atom. The van der Waals surface area contributed by atoms with Gasteiger partial charge in [-0.2, -0.15) is 0 Å². The van der Waals surface area contributed by atoms with Gasteiger partial charge in [-0.3, -0.25) is 0 Å². The minimum absolute atomic E-state index is 1.09. The van der Waals surface area contributed by atoms with Gasteiger partial charge in [-0.05, 0) is 21.9 Å². The van der Waals surface area contributed by atoms with Crippen LogP contribution in [0.5, 0.6) is 0 Å². The van der Waals surface area contributed by atoms with Gasteiger partial charge in [-0.15, -0.1) is 0 Å². The predicted molar refractivity (Wildman–Crippen MR) is 79.4 cm³/mol. The molecule has 2 aromatic carbocycles. The van der Waals surface area contributed by atoms with Crippen molar-refractivity contribution in [2.24, 2.45) is 0 Å². The van der Waals surface area contributed by atoms with Crippen LogP contribution in [-0.2, 0) is 8.86 Å². The zero-order chi connectivity index (χ0) is 9.97. The van der Waals surface area contributed by atoms with Gasteiger partial charge >= 0.3 is 0 Å². The maximum atomic E-state index is 2.43. The van der Waals surface area contributed by atoms with E-state index in [0.29, 0.717) is 0 Å². The molecule has 14 heavy (non-hydrogen) atoms. The van der Waals surface area contributed by atoms with Crippen molar-refractivity contribution in [3.63, 3.8) is 0 Å². The lowest BCUT2D eigenvalue weighted by atomic mass is 10.0. The fourth-order valence-electron chi connectivity index (χ4n) is 1.65. The number of hydrogen-bond donors (Lipinski definition) is 0. The maximum Gasteiger partial charge on any atom is 0.0253 e. The lowest BCUT2D eigenvalue weighted by molar-refractivity contribution is 1.41. The Morgan fingerprint density at radius 2 is 1.71 bits per heavy atom. The third kappa shape index (κ3) is 2.05. The average Bonchev–Trinajstić information content (AvgIpc) is 2.27. The SMILES string of the molecule is ICc1cc(CI)c2ccccc2c1. The second-order valence-electron chi connectivity index (χ2n) is 3.24. The highest BCUT2D eigenvalue weighted by Gasteiger charge is 2.01. The van der Waals surface area contributed by atoms with E-state index in [1.807, 2.05) is 0 Å².